The second-order valence-electron chi connectivity index (χ2n) is 6.08. The molecule has 126 valence electrons. The van der Waals surface area contributed by atoms with Crippen molar-refractivity contribution in [3.8, 4) is 11.4 Å². The molecule has 0 saturated heterocycles. The quantitative estimate of drug-likeness (QED) is 0.761. The van der Waals surface area contributed by atoms with Gasteiger partial charge in [-0.1, -0.05) is 41.9 Å². The van der Waals surface area contributed by atoms with Crippen LogP contribution in [0, 0.1) is 0 Å². The molecule has 0 unspecified atom stereocenters. The summed E-state index contributed by atoms with van der Waals surface area (Å²) in [5.41, 5.74) is 2.39. The van der Waals surface area contributed by atoms with Crippen molar-refractivity contribution in [2.75, 3.05) is 5.32 Å². The SMILES string of the molecule is O=C(Cc1ccccc1Cl)Nc1cccc(-c2nnnn2C2CC2)c1. The van der Waals surface area contributed by atoms with Gasteiger partial charge in [0.2, 0.25) is 5.91 Å². The van der Waals surface area contributed by atoms with Crippen LogP contribution in [0.4, 0.5) is 5.69 Å². The third-order valence-corrected chi connectivity index (χ3v) is 4.47. The first kappa shape index (κ1) is 15.8. The second-order valence-corrected chi connectivity index (χ2v) is 6.48. The van der Waals surface area contributed by atoms with Crippen LogP contribution in [0.3, 0.4) is 0 Å². The molecule has 1 aromatic heterocycles. The normalized spacial score (nSPS) is 13.6. The molecule has 2 aromatic carbocycles. The third-order valence-electron chi connectivity index (χ3n) is 4.10. The lowest BCUT2D eigenvalue weighted by molar-refractivity contribution is -0.115. The van der Waals surface area contributed by atoms with E-state index in [9.17, 15) is 4.79 Å². The maximum atomic E-state index is 12.3. The standard InChI is InChI=1S/C18H16ClN5O/c19-16-7-2-1-4-12(16)11-17(25)20-14-6-3-5-13(10-14)18-21-22-23-24(18)15-8-9-15/h1-7,10,15H,8-9,11H2,(H,20,25). The Morgan fingerprint density at radius 3 is 2.84 bits per heavy atom. The first-order valence-corrected chi connectivity index (χ1v) is 8.50. The molecule has 7 heteroatoms. The van der Waals surface area contributed by atoms with Crippen LogP contribution in [0.1, 0.15) is 24.4 Å². The van der Waals surface area contributed by atoms with Crippen molar-refractivity contribution in [1.29, 1.82) is 0 Å². The van der Waals surface area contributed by atoms with Gasteiger partial charge in [0.15, 0.2) is 5.82 Å². The van der Waals surface area contributed by atoms with Gasteiger partial charge in [-0.15, -0.1) is 5.10 Å². The van der Waals surface area contributed by atoms with Crippen LogP contribution < -0.4 is 5.32 Å². The molecular formula is C18H16ClN5O. The minimum absolute atomic E-state index is 0.118. The lowest BCUT2D eigenvalue weighted by Crippen LogP contribution is -2.14. The highest BCUT2D eigenvalue weighted by Crippen LogP contribution is 2.36. The molecule has 6 nitrogen and oxygen atoms in total. The van der Waals surface area contributed by atoms with E-state index in [-0.39, 0.29) is 12.3 Å². The fraction of sp³-hybridized carbons (Fsp3) is 0.222. The van der Waals surface area contributed by atoms with E-state index in [0.717, 1.165) is 29.8 Å². The summed E-state index contributed by atoms with van der Waals surface area (Å²) >= 11 is 6.11. The van der Waals surface area contributed by atoms with Gasteiger partial charge in [-0.25, -0.2) is 4.68 Å². The zero-order chi connectivity index (χ0) is 17.2. The van der Waals surface area contributed by atoms with Crippen molar-refractivity contribution in [3.63, 3.8) is 0 Å². The molecule has 1 fully saturated rings. The van der Waals surface area contributed by atoms with Crippen molar-refractivity contribution < 1.29 is 4.79 Å². The number of nitrogens with one attached hydrogen (secondary N) is 1. The Morgan fingerprint density at radius 1 is 1.20 bits per heavy atom. The van der Waals surface area contributed by atoms with Gasteiger partial charge in [-0.2, -0.15) is 0 Å². The number of nitrogens with zero attached hydrogens (tertiary/aromatic N) is 4. The van der Waals surface area contributed by atoms with E-state index in [1.807, 2.05) is 47.1 Å². The van der Waals surface area contributed by atoms with Crippen LogP contribution in [0.2, 0.25) is 5.02 Å². The Kier molecular flexibility index (Phi) is 4.19. The largest absolute Gasteiger partial charge is 0.326 e. The van der Waals surface area contributed by atoms with Gasteiger partial charge in [-0.05, 0) is 47.0 Å². The van der Waals surface area contributed by atoms with Crippen molar-refractivity contribution in [3.05, 3.63) is 59.1 Å². The lowest BCUT2D eigenvalue weighted by atomic mass is 10.1. The maximum absolute atomic E-state index is 12.3. The van der Waals surface area contributed by atoms with E-state index < -0.39 is 0 Å². The number of hydrogen-bond acceptors (Lipinski definition) is 4. The van der Waals surface area contributed by atoms with Crippen LogP contribution in [0.25, 0.3) is 11.4 Å². The average molecular weight is 354 g/mol. The van der Waals surface area contributed by atoms with Crippen LogP contribution >= 0.6 is 11.6 Å². The van der Waals surface area contributed by atoms with Gasteiger partial charge in [-0.3, -0.25) is 4.79 Å². The predicted molar refractivity (Wildman–Crippen MR) is 95.3 cm³/mol. The van der Waals surface area contributed by atoms with Crippen molar-refractivity contribution in [2.24, 2.45) is 0 Å². The Hall–Kier alpha value is -2.73. The number of benzene rings is 2. The summed E-state index contributed by atoms with van der Waals surface area (Å²) in [4.78, 5) is 12.3. The first-order valence-electron chi connectivity index (χ1n) is 8.12. The summed E-state index contributed by atoms with van der Waals surface area (Å²) in [6.07, 6.45) is 2.43. The summed E-state index contributed by atoms with van der Waals surface area (Å²) < 4.78 is 1.85. The van der Waals surface area contributed by atoms with Gasteiger partial charge in [0, 0.05) is 16.3 Å². The van der Waals surface area contributed by atoms with Crippen molar-refractivity contribution in [1.82, 2.24) is 20.2 Å². The molecule has 3 aromatic rings. The molecule has 1 aliphatic rings. The van der Waals surface area contributed by atoms with Crippen LogP contribution in [-0.4, -0.2) is 26.1 Å². The summed E-state index contributed by atoms with van der Waals surface area (Å²) in [7, 11) is 0. The maximum Gasteiger partial charge on any atom is 0.228 e. The monoisotopic (exact) mass is 353 g/mol. The minimum atomic E-state index is -0.118. The molecule has 0 radical (unpaired) electrons. The molecule has 1 amide bonds. The number of tetrazole rings is 1. The topological polar surface area (TPSA) is 72.7 Å². The van der Waals surface area contributed by atoms with Crippen LogP contribution in [-0.2, 0) is 11.2 Å². The van der Waals surface area contributed by atoms with Crippen molar-refractivity contribution in [2.45, 2.75) is 25.3 Å². The molecule has 4 rings (SSSR count). The number of aromatic nitrogens is 4. The Bertz CT molecular complexity index is 919. The van der Waals surface area contributed by atoms with Crippen molar-refractivity contribution >= 4 is 23.2 Å². The summed E-state index contributed by atoms with van der Waals surface area (Å²) in [6.45, 7) is 0. The fourth-order valence-electron chi connectivity index (χ4n) is 2.70. The average Bonchev–Trinajstić information content (AvgIpc) is 3.34. The molecule has 0 atom stereocenters. The Labute approximate surface area is 149 Å². The first-order chi connectivity index (χ1) is 12.2. The molecule has 1 heterocycles. The number of hydrogen-bond donors (Lipinski definition) is 1. The molecular weight excluding hydrogens is 338 g/mol. The zero-order valence-electron chi connectivity index (χ0n) is 13.4. The van der Waals surface area contributed by atoms with Gasteiger partial charge in [0.05, 0.1) is 12.5 Å². The third kappa shape index (κ3) is 3.53. The molecule has 0 bridgehead atoms. The predicted octanol–water partition coefficient (Wildman–Crippen LogP) is 3.51. The summed E-state index contributed by atoms with van der Waals surface area (Å²) in [5, 5.41) is 15.5. The fourth-order valence-corrected chi connectivity index (χ4v) is 2.91. The highest BCUT2D eigenvalue weighted by Gasteiger charge is 2.28. The molecule has 1 N–H and O–H groups in total. The van der Waals surface area contributed by atoms with Crippen LogP contribution in [0.15, 0.2) is 48.5 Å². The number of amides is 1. The van der Waals surface area contributed by atoms with E-state index in [2.05, 4.69) is 20.8 Å². The molecule has 1 aliphatic carbocycles. The van der Waals surface area contributed by atoms with E-state index in [1.54, 1.807) is 6.07 Å². The highest BCUT2D eigenvalue weighted by molar-refractivity contribution is 6.31. The Balaban J connectivity index is 1.51. The lowest BCUT2D eigenvalue weighted by Gasteiger charge is -2.08. The van der Waals surface area contributed by atoms with E-state index in [4.69, 9.17) is 11.6 Å². The zero-order valence-corrected chi connectivity index (χ0v) is 14.1. The van der Waals surface area contributed by atoms with Gasteiger partial charge < -0.3 is 5.32 Å². The highest BCUT2D eigenvalue weighted by atomic mass is 35.5. The van der Waals surface area contributed by atoms with Gasteiger partial charge >= 0.3 is 0 Å². The number of anilines is 1. The number of carbonyl (C=O) groups is 1. The van der Waals surface area contributed by atoms with Gasteiger partial charge in [0.1, 0.15) is 0 Å². The van der Waals surface area contributed by atoms with Crippen LogP contribution in [0.5, 0.6) is 0 Å². The molecule has 25 heavy (non-hydrogen) atoms. The summed E-state index contributed by atoms with van der Waals surface area (Å²) in [5.74, 6) is 0.608. The Morgan fingerprint density at radius 2 is 2.04 bits per heavy atom. The van der Waals surface area contributed by atoms with E-state index >= 15 is 0 Å². The number of halogens is 1. The number of rotatable bonds is 5. The summed E-state index contributed by atoms with van der Waals surface area (Å²) in [6, 6.07) is 15.3. The smallest absolute Gasteiger partial charge is 0.228 e. The van der Waals surface area contributed by atoms with Gasteiger partial charge in [0.25, 0.3) is 0 Å². The molecule has 1 saturated carbocycles. The van der Waals surface area contributed by atoms with E-state index in [0.29, 0.717) is 16.8 Å². The number of carbonyl (C=O) groups excluding carboxylic acids is 1. The molecule has 0 aliphatic heterocycles. The van der Waals surface area contributed by atoms with E-state index in [1.165, 1.54) is 0 Å². The minimum Gasteiger partial charge on any atom is -0.326 e. The molecule has 0 spiro atoms. The second kappa shape index (κ2) is 6.64.